The molecule has 0 radical (unpaired) electrons. The highest BCUT2D eigenvalue weighted by Crippen LogP contribution is 2.19. The molecule has 0 bridgehead atoms. The van der Waals surface area contributed by atoms with Gasteiger partial charge in [-0.15, -0.1) is 0 Å². The normalized spacial score (nSPS) is 10.7. The molecule has 4 N–H and O–H groups in total. The fraction of sp³-hybridized carbons (Fsp3) is 0.625. The summed E-state index contributed by atoms with van der Waals surface area (Å²) in [7, 11) is 0. The van der Waals surface area contributed by atoms with E-state index in [-0.39, 0.29) is 0 Å². The number of nitrogens with two attached hydrogens (primary N) is 1. The van der Waals surface area contributed by atoms with Crippen molar-refractivity contribution in [2.45, 2.75) is 45.4 Å². The highest BCUT2D eigenvalue weighted by atomic mass is 16.3. The summed E-state index contributed by atoms with van der Waals surface area (Å²) < 4.78 is 0. The summed E-state index contributed by atoms with van der Waals surface area (Å²) in [5, 5.41) is 11.8. The molecule has 0 spiro atoms. The number of rotatable bonds is 11. The van der Waals surface area contributed by atoms with Crippen molar-refractivity contribution in [1.29, 1.82) is 0 Å². The Bertz CT molecular complexity index is 345. The molecule has 0 amide bonds. The van der Waals surface area contributed by atoms with Gasteiger partial charge in [0.25, 0.3) is 0 Å². The van der Waals surface area contributed by atoms with Crippen LogP contribution in [-0.2, 0) is 0 Å². The largest absolute Gasteiger partial charge is 0.508 e. The average molecular weight is 279 g/mol. The van der Waals surface area contributed by atoms with E-state index in [4.69, 9.17) is 5.73 Å². The Morgan fingerprint density at radius 3 is 2.70 bits per heavy atom. The first-order chi connectivity index (χ1) is 9.77. The maximum Gasteiger partial charge on any atom is 0.117 e. The Balaban J connectivity index is 2.49. The third kappa shape index (κ3) is 6.78. The first-order valence-corrected chi connectivity index (χ1v) is 7.78. The van der Waals surface area contributed by atoms with Crippen molar-refractivity contribution in [3.63, 3.8) is 0 Å². The molecule has 0 aliphatic rings. The van der Waals surface area contributed by atoms with Crippen molar-refractivity contribution in [3.05, 3.63) is 24.3 Å². The van der Waals surface area contributed by atoms with Crippen LogP contribution in [-0.4, -0.2) is 24.7 Å². The molecule has 0 saturated heterocycles. The molecular weight excluding hydrogens is 250 g/mol. The van der Waals surface area contributed by atoms with E-state index in [0.717, 1.165) is 44.6 Å². The Morgan fingerprint density at radius 2 is 2.00 bits per heavy atom. The number of hydrazine groups is 1. The van der Waals surface area contributed by atoms with E-state index >= 15 is 0 Å². The van der Waals surface area contributed by atoms with Crippen molar-refractivity contribution in [3.8, 4) is 5.75 Å². The van der Waals surface area contributed by atoms with E-state index in [0.29, 0.717) is 5.75 Å². The van der Waals surface area contributed by atoms with Crippen LogP contribution < -0.4 is 16.2 Å². The maximum atomic E-state index is 9.61. The SMILES string of the molecule is CCCCCNN(CCCCCN)c1cccc(O)c1. The van der Waals surface area contributed by atoms with Crippen LogP contribution in [0.25, 0.3) is 0 Å². The number of nitrogens with zero attached hydrogens (tertiary/aromatic N) is 1. The first-order valence-electron chi connectivity index (χ1n) is 7.78. The van der Waals surface area contributed by atoms with E-state index in [1.165, 1.54) is 19.3 Å². The van der Waals surface area contributed by atoms with Gasteiger partial charge in [0.15, 0.2) is 0 Å². The molecule has 0 fully saturated rings. The number of hydrogen-bond donors (Lipinski definition) is 3. The molecule has 20 heavy (non-hydrogen) atoms. The molecule has 0 unspecified atom stereocenters. The van der Waals surface area contributed by atoms with Crippen molar-refractivity contribution in [2.24, 2.45) is 5.73 Å². The van der Waals surface area contributed by atoms with E-state index in [2.05, 4.69) is 17.4 Å². The number of benzene rings is 1. The first kappa shape index (κ1) is 16.8. The van der Waals surface area contributed by atoms with Gasteiger partial charge in [0.2, 0.25) is 0 Å². The highest BCUT2D eigenvalue weighted by molar-refractivity contribution is 5.49. The zero-order valence-corrected chi connectivity index (χ0v) is 12.6. The number of aromatic hydroxyl groups is 1. The Hall–Kier alpha value is -1.26. The molecule has 114 valence electrons. The predicted octanol–water partition coefficient (Wildman–Crippen LogP) is 3.02. The van der Waals surface area contributed by atoms with Crippen LogP contribution >= 0.6 is 0 Å². The van der Waals surface area contributed by atoms with Crippen molar-refractivity contribution >= 4 is 5.69 Å². The van der Waals surface area contributed by atoms with E-state index in [1.54, 1.807) is 12.1 Å². The smallest absolute Gasteiger partial charge is 0.117 e. The molecule has 1 rings (SSSR count). The van der Waals surface area contributed by atoms with Crippen molar-refractivity contribution in [1.82, 2.24) is 5.43 Å². The third-order valence-corrected chi connectivity index (χ3v) is 3.31. The van der Waals surface area contributed by atoms with Crippen molar-refractivity contribution in [2.75, 3.05) is 24.6 Å². The summed E-state index contributed by atoms with van der Waals surface area (Å²) >= 11 is 0. The maximum absolute atomic E-state index is 9.61. The molecule has 1 aromatic carbocycles. The summed E-state index contributed by atoms with van der Waals surface area (Å²) in [6, 6.07) is 7.41. The average Bonchev–Trinajstić information content (AvgIpc) is 2.45. The predicted molar refractivity (Wildman–Crippen MR) is 85.9 cm³/mol. The Labute approximate surface area is 122 Å². The molecule has 0 aliphatic carbocycles. The van der Waals surface area contributed by atoms with Gasteiger partial charge >= 0.3 is 0 Å². The number of phenolic OH excluding ortho intramolecular Hbond substituents is 1. The van der Waals surface area contributed by atoms with Crippen LogP contribution in [0.4, 0.5) is 5.69 Å². The lowest BCUT2D eigenvalue weighted by molar-refractivity contribution is 0.474. The quantitative estimate of drug-likeness (QED) is 0.430. The van der Waals surface area contributed by atoms with Crippen LogP contribution in [0.2, 0.25) is 0 Å². The fourth-order valence-electron chi connectivity index (χ4n) is 2.14. The second-order valence-electron chi connectivity index (χ2n) is 5.14. The minimum Gasteiger partial charge on any atom is -0.508 e. The molecular formula is C16H29N3O. The van der Waals surface area contributed by atoms with Gasteiger partial charge in [0, 0.05) is 19.2 Å². The minimum absolute atomic E-state index is 0.310. The lowest BCUT2D eigenvalue weighted by Gasteiger charge is -2.26. The monoisotopic (exact) mass is 279 g/mol. The van der Waals surface area contributed by atoms with E-state index in [1.807, 2.05) is 12.1 Å². The minimum atomic E-state index is 0.310. The summed E-state index contributed by atoms with van der Waals surface area (Å²) in [5.41, 5.74) is 10.0. The molecule has 0 heterocycles. The molecule has 0 saturated carbocycles. The summed E-state index contributed by atoms with van der Waals surface area (Å²) in [4.78, 5) is 0. The fourth-order valence-corrected chi connectivity index (χ4v) is 2.14. The number of anilines is 1. The van der Waals surface area contributed by atoms with Crippen molar-refractivity contribution < 1.29 is 5.11 Å². The molecule has 4 heteroatoms. The van der Waals surface area contributed by atoms with Gasteiger partial charge < -0.3 is 15.8 Å². The molecule has 0 atom stereocenters. The van der Waals surface area contributed by atoms with E-state index < -0.39 is 0 Å². The number of phenols is 1. The standard InChI is InChI=1S/C16H29N3O/c1-2-3-6-12-18-19(13-7-4-5-11-17)15-9-8-10-16(20)14-15/h8-10,14,18,20H,2-7,11-13,17H2,1H3. The Kier molecular flexibility index (Phi) is 8.83. The lowest BCUT2D eigenvalue weighted by atomic mass is 10.2. The second-order valence-corrected chi connectivity index (χ2v) is 5.14. The van der Waals surface area contributed by atoms with Gasteiger partial charge in [-0.05, 0) is 37.9 Å². The van der Waals surface area contributed by atoms with Gasteiger partial charge in [-0.25, -0.2) is 5.43 Å². The second kappa shape index (κ2) is 10.5. The summed E-state index contributed by atoms with van der Waals surface area (Å²) in [6.45, 7) is 4.88. The summed E-state index contributed by atoms with van der Waals surface area (Å²) in [5.74, 6) is 0.310. The topological polar surface area (TPSA) is 61.5 Å². The van der Waals surface area contributed by atoms with Crippen LogP contribution in [0.1, 0.15) is 45.4 Å². The number of unbranched alkanes of at least 4 members (excludes halogenated alkanes) is 4. The van der Waals surface area contributed by atoms with Crippen LogP contribution in [0.15, 0.2) is 24.3 Å². The molecule has 0 aromatic heterocycles. The van der Waals surface area contributed by atoms with E-state index in [9.17, 15) is 5.11 Å². The van der Waals surface area contributed by atoms with Gasteiger partial charge in [0.05, 0.1) is 5.69 Å². The van der Waals surface area contributed by atoms with Crippen LogP contribution in [0.3, 0.4) is 0 Å². The summed E-state index contributed by atoms with van der Waals surface area (Å²) in [6.07, 6.45) is 6.97. The molecule has 0 aliphatic heterocycles. The molecule has 4 nitrogen and oxygen atoms in total. The zero-order chi connectivity index (χ0) is 14.6. The van der Waals surface area contributed by atoms with Crippen LogP contribution in [0, 0.1) is 0 Å². The lowest BCUT2D eigenvalue weighted by Crippen LogP contribution is -2.39. The number of nitrogens with one attached hydrogen (secondary N) is 1. The third-order valence-electron chi connectivity index (χ3n) is 3.31. The molecule has 1 aromatic rings. The van der Waals surface area contributed by atoms with Gasteiger partial charge in [-0.1, -0.05) is 32.3 Å². The number of hydrogen-bond acceptors (Lipinski definition) is 4. The van der Waals surface area contributed by atoms with Gasteiger partial charge in [-0.2, -0.15) is 0 Å². The zero-order valence-electron chi connectivity index (χ0n) is 12.6. The Morgan fingerprint density at radius 1 is 1.15 bits per heavy atom. The highest BCUT2D eigenvalue weighted by Gasteiger charge is 2.06. The van der Waals surface area contributed by atoms with Gasteiger partial charge in [0.1, 0.15) is 5.75 Å². The van der Waals surface area contributed by atoms with Crippen LogP contribution in [0.5, 0.6) is 5.75 Å². The van der Waals surface area contributed by atoms with Gasteiger partial charge in [-0.3, -0.25) is 0 Å².